The summed E-state index contributed by atoms with van der Waals surface area (Å²) in [4.78, 5) is 25.7. The first-order valence-electron chi connectivity index (χ1n) is 15.7. The van der Waals surface area contributed by atoms with E-state index in [4.69, 9.17) is 9.47 Å². The number of ether oxygens (including phenoxy) is 2. The zero-order valence-electron chi connectivity index (χ0n) is 27.8. The third-order valence-electron chi connectivity index (χ3n) is 9.28. The summed E-state index contributed by atoms with van der Waals surface area (Å²) in [5, 5.41) is 0. The van der Waals surface area contributed by atoms with Gasteiger partial charge in [-0.1, -0.05) is 54.4 Å². The van der Waals surface area contributed by atoms with Gasteiger partial charge in [0.1, 0.15) is 12.2 Å². The molecule has 2 fully saturated rings. The van der Waals surface area contributed by atoms with Crippen molar-refractivity contribution in [2.75, 3.05) is 65.9 Å². The molecule has 0 radical (unpaired) electrons. The highest BCUT2D eigenvalue weighted by Crippen LogP contribution is 2.36. The molecule has 244 valence electrons. The number of carbonyl (C=O) groups excluding carboxylic acids is 2. The monoisotopic (exact) mass is 640 g/mol. The normalized spacial score (nSPS) is 27.1. The van der Waals surface area contributed by atoms with E-state index in [0.717, 1.165) is 50.3 Å². The first-order valence-corrected chi connectivity index (χ1v) is 16.8. The third kappa shape index (κ3) is 14.9. The Bertz CT molecular complexity index is 719. The number of nitrogens with zero attached hydrogens (tertiary/aromatic N) is 2. The predicted molar refractivity (Wildman–Crippen MR) is 163 cm³/mol. The minimum Gasteiger partial charge on any atom is -1.00 e. The lowest BCUT2D eigenvalue weighted by Crippen LogP contribution is -3.00. The third-order valence-corrected chi connectivity index (χ3v) is 10.2. The van der Waals surface area contributed by atoms with Crippen LogP contribution in [-0.4, -0.2) is 99.0 Å². The molecule has 6 unspecified atom stereocenters. The maximum Gasteiger partial charge on any atom is 0.362 e. The predicted octanol–water partition coefficient (Wildman–Crippen LogP) is -0.112. The van der Waals surface area contributed by atoms with Crippen LogP contribution < -0.4 is 24.8 Å². The van der Waals surface area contributed by atoms with Crippen molar-refractivity contribution in [1.82, 2.24) is 0 Å². The molecule has 6 atom stereocenters. The zero-order chi connectivity index (χ0) is 29.4. The molecule has 0 aromatic rings. The lowest BCUT2D eigenvalue weighted by Gasteiger charge is -2.37. The SMILES string of the molecule is CC1CCC(C(C)C)C(OC(=O)C[N+](C)(C)CCSCC[N+](C)(C)CC(=O)OC2CC(C)CCC2C(C)C)C1.[Cl-].[Cl-]. The molecular weight excluding hydrogens is 579 g/mol. The van der Waals surface area contributed by atoms with Crippen molar-refractivity contribution in [3.8, 4) is 0 Å². The second kappa shape index (κ2) is 18.6. The van der Waals surface area contributed by atoms with Crippen LogP contribution in [0.2, 0.25) is 0 Å². The Labute approximate surface area is 269 Å². The first-order chi connectivity index (χ1) is 18.1. The van der Waals surface area contributed by atoms with Gasteiger partial charge in [0.25, 0.3) is 0 Å². The summed E-state index contributed by atoms with van der Waals surface area (Å²) in [6.45, 7) is 16.2. The van der Waals surface area contributed by atoms with Crippen LogP contribution in [0.4, 0.5) is 0 Å². The lowest BCUT2D eigenvalue weighted by molar-refractivity contribution is -0.881. The molecule has 2 saturated carbocycles. The van der Waals surface area contributed by atoms with Crippen LogP contribution in [0.1, 0.15) is 80.1 Å². The van der Waals surface area contributed by atoms with E-state index in [1.807, 2.05) is 11.8 Å². The van der Waals surface area contributed by atoms with Crippen molar-refractivity contribution < 1.29 is 52.8 Å². The number of hydrogen-bond donors (Lipinski definition) is 0. The summed E-state index contributed by atoms with van der Waals surface area (Å²) in [7, 11) is 8.49. The number of halogens is 2. The van der Waals surface area contributed by atoms with Gasteiger partial charge in [-0.15, -0.1) is 0 Å². The van der Waals surface area contributed by atoms with Crippen molar-refractivity contribution in [3.05, 3.63) is 0 Å². The molecule has 0 N–H and O–H groups in total. The maximum absolute atomic E-state index is 12.9. The van der Waals surface area contributed by atoms with Gasteiger partial charge in [-0.25, -0.2) is 9.59 Å². The molecule has 0 bridgehead atoms. The smallest absolute Gasteiger partial charge is 0.362 e. The molecule has 2 rings (SSSR count). The zero-order valence-corrected chi connectivity index (χ0v) is 30.1. The average Bonchev–Trinajstić information content (AvgIpc) is 2.77. The van der Waals surface area contributed by atoms with Crippen LogP contribution in [0, 0.1) is 35.5 Å². The van der Waals surface area contributed by atoms with Crippen molar-refractivity contribution in [2.24, 2.45) is 35.5 Å². The fourth-order valence-electron chi connectivity index (χ4n) is 6.50. The number of hydrogen-bond acceptors (Lipinski definition) is 5. The number of rotatable bonds is 14. The first kappa shape index (κ1) is 40.8. The van der Waals surface area contributed by atoms with Gasteiger partial charge >= 0.3 is 11.9 Å². The van der Waals surface area contributed by atoms with Crippen LogP contribution in [0.3, 0.4) is 0 Å². The van der Waals surface area contributed by atoms with Gasteiger partial charge in [-0.3, -0.25) is 0 Å². The Kier molecular flexibility index (Phi) is 18.5. The molecular formula is C32H62Cl2N2O4S. The van der Waals surface area contributed by atoms with Crippen LogP contribution >= 0.6 is 11.8 Å². The lowest BCUT2D eigenvalue weighted by atomic mass is 9.75. The van der Waals surface area contributed by atoms with Gasteiger partial charge < -0.3 is 43.3 Å². The number of thioether (sulfide) groups is 1. The molecule has 2 aliphatic rings. The molecule has 0 aromatic heterocycles. The van der Waals surface area contributed by atoms with E-state index in [1.165, 1.54) is 12.8 Å². The summed E-state index contributed by atoms with van der Waals surface area (Å²) in [5.41, 5.74) is 0. The Morgan fingerprint density at radius 2 is 1.02 bits per heavy atom. The van der Waals surface area contributed by atoms with Crippen LogP contribution in [-0.2, 0) is 19.1 Å². The Hall–Kier alpha value is -0.210. The second-order valence-corrected chi connectivity index (χ2v) is 16.2. The average molecular weight is 642 g/mol. The molecule has 0 saturated heterocycles. The van der Waals surface area contributed by atoms with Gasteiger partial charge in [-0.2, -0.15) is 11.8 Å². The van der Waals surface area contributed by atoms with Gasteiger partial charge in [0.05, 0.1) is 41.3 Å². The molecule has 6 nitrogen and oxygen atoms in total. The van der Waals surface area contributed by atoms with E-state index in [2.05, 4.69) is 69.7 Å². The Morgan fingerprint density at radius 1 is 0.683 bits per heavy atom. The van der Waals surface area contributed by atoms with Crippen molar-refractivity contribution >= 4 is 23.7 Å². The fraction of sp³-hybridized carbons (Fsp3) is 0.938. The van der Waals surface area contributed by atoms with Crippen LogP contribution in [0.25, 0.3) is 0 Å². The summed E-state index contributed by atoms with van der Waals surface area (Å²) >= 11 is 1.91. The highest BCUT2D eigenvalue weighted by molar-refractivity contribution is 7.99. The van der Waals surface area contributed by atoms with Crippen LogP contribution in [0.15, 0.2) is 0 Å². The molecule has 2 aliphatic carbocycles. The van der Waals surface area contributed by atoms with Crippen LogP contribution in [0.5, 0.6) is 0 Å². The number of carbonyl (C=O) groups is 2. The highest BCUT2D eigenvalue weighted by Gasteiger charge is 2.36. The summed E-state index contributed by atoms with van der Waals surface area (Å²) in [6.07, 6.45) is 6.94. The Balaban J connectivity index is 0.00000800. The largest absolute Gasteiger partial charge is 1.00 e. The quantitative estimate of drug-likeness (QED) is 0.151. The molecule has 9 heteroatoms. The maximum atomic E-state index is 12.9. The fourth-order valence-corrected chi connectivity index (χ4v) is 7.95. The summed E-state index contributed by atoms with van der Waals surface area (Å²) in [5.74, 6) is 5.18. The molecule has 0 amide bonds. The highest BCUT2D eigenvalue weighted by atomic mass is 35.5. The van der Waals surface area contributed by atoms with Gasteiger partial charge in [0.15, 0.2) is 13.1 Å². The van der Waals surface area contributed by atoms with Gasteiger partial charge in [-0.05, 0) is 61.2 Å². The van der Waals surface area contributed by atoms with E-state index in [-0.39, 0.29) is 49.0 Å². The van der Waals surface area contributed by atoms with E-state index >= 15 is 0 Å². The van der Waals surface area contributed by atoms with E-state index in [0.29, 0.717) is 57.6 Å². The summed E-state index contributed by atoms with van der Waals surface area (Å²) in [6, 6.07) is 0. The van der Waals surface area contributed by atoms with Gasteiger partial charge in [0, 0.05) is 11.5 Å². The van der Waals surface area contributed by atoms with E-state index in [9.17, 15) is 9.59 Å². The number of quaternary nitrogens is 2. The molecule has 41 heavy (non-hydrogen) atoms. The molecule has 0 aromatic carbocycles. The number of likely N-dealkylation sites (N-methyl/N-ethyl adjacent to an activating group) is 2. The number of esters is 2. The molecule has 0 heterocycles. The van der Waals surface area contributed by atoms with Crippen molar-refractivity contribution in [3.63, 3.8) is 0 Å². The van der Waals surface area contributed by atoms with Crippen molar-refractivity contribution in [1.29, 1.82) is 0 Å². The molecule has 0 spiro atoms. The molecule has 0 aliphatic heterocycles. The summed E-state index contributed by atoms with van der Waals surface area (Å²) < 4.78 is 13.4. The minimum absolute atomic E-state index is 0. The van der Waals surface area contributed by atoms with Crippen molar-refractivity contribution in [2.45, 2.75) is 92.3 Å². The minimum atomic E-state index is -0.0573. The Morgan fingerprint density at radius 3 is 1.34 bits per heavy atom. The second-order valence-electron chi connectivity index (χ2n) is 15.0. The van der Waals surface area contributed by atoms with E-state index in [1.54, 1.807) is 0 Å². The topological polar surface area (TPSA) is 52.6 Å². The van der Waals surface area contributed by atoms with Gasteiger partial charge in [0.2, 0.25) is 0 Å². The van der Waals surface area contributed by atoms with E-state index < -0.39 is 0 Å². The standard InChI is InChI=1S/C32H62N2O4S.2ClH/c1-23(2)27-13-11-25(5)19-29(27)37-31(35)21-33(7,8)15-17-39-18-16-34(9,10)22-32(36)38-30-20-26(6)12-14-28(30)24(3)4;;/h23-30H,11-22H2,1-10H3;2*1H/q+2;;/p-2.